The summed E-state index contributed by atoms with van der Waals surface area (Å²) >= 11 is 0. The van der Waals surface area contributed by atoms with Gasteiger partial charge < -0.3 is 9.84 Å². The van der Waals surface area contributed by atoms with E-state index < -0.39 is 0 Å². The van der Waals surface area contributed by atoms with E-state index in [0.717, 1.165) is 32.5 Å². The second kappa shape index (κ2) is 4.18. The fourth-order valence-corrected chi connectivity index (χ4v) is 2.85. The predicted molar refractivity (Wildman–Crippen MR) is 61.5 cm³/mol. The maximum Gasteiger partial charge on any atom is 0.111 e. The molecule has 0 aliphatic carbocycles. The quantitative estimate of drug-likeness (QED) is 0.736. The van der Waals surface area contributed by atoms with Gasteiger partial charge in [0.2, 0.25) is 0 Å². The summed E-state index contributed by atoms with van der Waals surface area (Å²) in [7, 11) is 0. The molecule has 4 unspecified atom stereocenters. The van der Waals surface area contributed by atoms with Gasteiger partial charge in [-0.25, -0.2) is 0 Å². The Bertz CT molecular complexity index is 316. The van der Waals surface area contributed by atoms with E-state index in [4.69, 9.17) is 4.74 Å². The van der Waals surface area contributed by atoms with Gasteiger partial charge in [0, 0.05) is 38.2 Å². The minimum absolute atomic E-state index is 0.140. The Hall–Kier alpha value is -0.870. The molecular weight excluding hydrogens is 204 g/mol. The molecule has 0 saturated carbocycles. The van der Waals surface area contributed by atoms with Gasteiger partial charge in [-0.15, -0.1) is 0 Å². The summed E-state index contributed by atoms with van der Waals surface area (Å²) in [4.78, 5) is 6.89. The van der Waals surface area contributed by atoms with Crippen molar-refractivity contribution < 1.29 is 9.84 Å². The molecule has 3 rings (SSSR count). The van der Waals surface area contributed by atoms with Gasteiger partial charge in [-0.3, -0.25) is 9.89 Å². The van der Waals surface area contributed by atoms with Crippen LogP contribution < -0.4 is 0 Å². The molecule has 3 heterocycles. The molecule has 1 saturated heterocycles. The molecule has 0 spiro atoms. The van der Waals surface area contributed by atoms with Crippen molar-refractivity contribution in [2.24, 2.45) is 10.9 Å². The summed E-state index contributed by atoms with van der Waals surface area (Å²) in [5, 5.41) is 9.50. The first kappa shape index (κ1) is 10.3. The van der Waals surface area contributed by atoms with Crippen LogP contribution in [0.25, 0.3) is 0 Å². The minimum Gasteiger partial charge on any atom is -0.497 e. The number of β-amino-alcohol motifs (C(OH)–C–C–N with tert-alkyl or cyclic N) is 1. The van der Waals surface area contributed by atoms with Crippen molar-refractivity contribution >= 4 is 6.21 Å². The van der Waals surface area contributed by atoms with Crippen LogP contribution in [0.5, 0.6) is 0 Å². The number of rotatable bonds is 2. The number of aliphatic imine (C=N–C) groups is 1. The van der Waals surface area contributed by atoms with E-state index in [9.17, 15) is 5.11 Å². The number of aliphatic hydroxyl groups is 1. The Kier molecular flexibility index (Phi) is 2.69. The molecule has 4 nitrogen and oxygen atoms in total. The van der Waals surface area contributed by atoms with Crippen LogP contribution in [0.15, 0.2) is 17.3 Å². The van der Waals surface area contributed by atoms with Crippen LogP contribution >= 0.6 is 0 Å². The lowest BCUT2D eigenvalue weighted by Crippen LogP contribution is -2.40. The molecule has 0 radical (unpaired) electrons. The molecule has 0 aromatic carbocycles. The number of likely N-dealkylation sites (tertiary alicyclic amines) is 1. The highest BCUT2D eigenvalue weighted by Gasteiger charge is 2.35. The van der Waals surface area contributed by atoms with Crippen LogP contribution in [0.1, 0.15) is 12.8 Å². The first-order valence-electron chi connectivity index (χ1n) is 6.07. The lowest BCUT2D eigenvalue weighted by atomic mass is 9.91. The van der Waals surface area contributed by atoms with Crippen molar-refractivity contribution in [3.8, 4) is 0 Å². The number of aliphatic hydroxyl groups excluding tert-OH is 1. The fraction of sp³-hybridized carbons (Fsp3) is 0.750. The summed E-state index contributed by atoms with van der Waals surface area (Å²) < 4.78 is 5.53. The fourth-order valence-electron chi connectivity index (χ4n) is 2.85. The predicted octanol–water partition coefficient (Wildman–Crippen LogP) is 0.425. The smallest absolute Gasteiger partial charge is 0.111 e. The van der Waals surface area contributed by atoms with Gasteiger partial charge in [-0.2, -0.15) is 0 Å². The number of nitrogens with zero attached hydrogens (tertiary/aromatic N) is 2. The zero-order valence-corrected chi connectivity index (χ0v) is 9.33. The summed E-state index contributed by atoms with van der Waals surface area (Å²) in [6, 6.07) is 0.308. The third-order valence-electron chi connectivity index (χ3n) is 3.76. The van der Waals surface area contributed by atoms with E-state index in [0.29, 0.717) is 18.1 Å². The van der Waals surface area contributed by atoms with Gasteiger partial charge in [-0.1, -0.05) is 0 Å². The van der Waals surface area contributed by atoms with Crippen LogP contribution in [0.4, 0.5) is 0 Å². The molecule has 1 N–H and O–H groups in total. The molecule has 3 aliphatic rings. The second-order valence-electron chi connectivity index (χ2n) is 4.92. The van der Waals surface area contributed by atoms with Gasteiger partial charge >= 0.3 is 0 Å². The van der Waals surface area contributed by atoms with Gasteiger partial charge in [0.05, 0.1) is 18.4 Å². The lowest BCUT2D eigenvalue weighted by molar-refractivity contribution is 0.114. The average molecular weight is 222 g/mol. The number of fused-ring (bicyclic) bond motifs is 1. The highest BCUT2D eigenvalue weighted by atomic mass is 16.5. The largest absolute Gasteiger partial charge is 0.497 e. The van der Waals surface area contributed by atoms with E-state index in [-0.39, 0.29) is 6.10 Å². The summed E-state index contributed by atoms with van der Waals surface area (Å²) in [6.07, 6.45) is 7.93. The number of hydrogen-bond donors (Lipinski definition) is 1. The van der Waals surface area contributed by atoms with Crippen molar-refractivity contribution in [1.29, 1.82) is 0 Å². The molecule has 4 atom stereocenters. The van der Waals surface area contributed by atoms with E-state index in [1.165, 1.54) is 0 Å². The van der Waals surface area contributed by atoms with E-state index in [1.54, 1.807) is 0 Å². The van der Waals surface area contributed by atoms with Crippen LogP contribution in [-0.2, 0) is 4.74 Å². The Labute approximate surface area is 95.6 Å². The molecule has 0 aromatic heterocycles. The van der Waals surface area contributed by atoms with E-state index in [2.05, 4.69) is 16.0 Å². The van der Waals surface area contributed by atoms with Crippen molar-refractivity contribution in [2.45, 2.75) is 31.1 Å². The zero-order valence-electron chi connectivity index (χ0n) is 9.33. The molecule has 3 aliphatic heterocycles. The van der Waals surface area contributed by atoms with E-state index >= 15 is 0 Å². The number of ether oxygens (including phenoxy) is 1. The third kappa shape index (κ3) is 1.87. The van der Waals surface area contributed by atoms with Gasteiger partial charge in [0.15, 0.2) is 0 Å². The normalized spacial score (nSPS) is 42.3. The van der Waals surface area contributed by atoms with Crippen LogP contribution in [0.3, 0.4) is 0 Å². The second-order valence-corrected chi connectivity index (χ2v) is 4.92. The molecule has 16 heavy (non-hydrogen) atoms. The first-order chi connectivity index (χ1) is 7.83. The van der Waals surface area contributed by atoms with Crippen molar-refractivity contribution in [3.05, 3.63) is 12.3 Å². The maximum atomic E-state index is 9.50. The Morgan fingerprint density at radius 2 is 2.44 bits per heavy atom. The SMILES string of the molecule is OC1CCN(CC2N=CCC3OC=CC23)C1. The summed E-state index contributed by atoms with van der Waals surface area (Å²) in [6.45, 7) is 2.74. The summed E-state index contributed by atoms with van der Waals surface area (Å²) in [5.74, 6) is 0.433. The molecular formula is C12H18N2O2. The molecule has 1 fully saturated rings. The van der Waals surface area contributed by atoms with E-state index in [1.807, 2.05) is 12.5 Å². The van der Waals surface area contributed by atoms with Crippen molar-refractivity contribution in [2.75, 3.05) is 19.6 Å². The van der Waals surface area contributed by atoms with Gasteiger partial charge in [0.1, 0.15) is 6.10 Å². The topological polar surface area (TPSA) is 45.1 Å². The van der Waals surface area contributed by atoms with Gasteiger partial charge in [0.25, 0.3) is 0 Å². The highest BCUT2D eigenvalue weighted by Crippen LogP contribution is 2.29. The van der Waals surface area contributed by atoms with Crippen LogP contribution in [0, 0.1) is 5.92 Å². The molecule has 0 amide bonds. The lowest BCUT2D eigenvalue weighted by Gasteiger charge is -2.30. The highest BCUT2D eigenvalue weighted by molar-refractivity contribution is 5.60. The van der Waals surface area contributed by atoms with Crippen LogP contribution in [0.2, 0.25) is 0 Å². The standard InChI is InChI=1S/C12H18N2O2/c15-9-2-5-14(7-9)8-11-10-3-6-16-12(10)1-4-13-11/h3-4,6,9-12,15H,1-2,5,7-8H2. The Morgan fingerprint density at radius 1 is 1.50 bits per heavy atom. The minimum atomic E-state index is -0.140. The first-order valence-corrected chi connectivity index (χ1v) is 6.07. The number of hydrogen-bond acceptors (Lipinski definition) is 4. The Morgan fingerprint density at radius 3 is 3.25 bits per heavy atom. The average Bonchev–Trinajstić information content (AvgIpc) is 2.87. The Balaban J connectivity index is 1.63. The third-order valence-corrected chi connectivity index (χ3v) is 3.76. The van der Waals surface area contributed by atoms with Crippen molar-refractivity contribution in [1.82, 2.24) is 4.90 Å². The molecule has 0 aromatic rings. The van der Waals surface area contributed by atoms with Crippen molar-refractivity contribution in [3.63, 3.8) is 0 Å². The summed E-state index contributed by atoms with van der Waals surface area (Å²) in [5.41, 5.74) is 0. The molecule has 4 heteroatoms. The van der Waals surface area contributed by atoms with Gasteiger partial charge in [-0.05, 0) is 12.5 Å². The maximum absolute atomic E-state index is 9.50. The molecule has 88 valence electrons. The zero-order chi connectivity index (χ0) is 11.0. The molecule has 0 bridgehead atoms. The van der Waals surface area contributed by atoms with Crippen LogP contribution in [-0.4, -0.2) is 54.1 Å². The monoisotopic (exact) mass is 222 g/mol.